The number of alkyl halides is 3. The van der Waals surface area contributed by atoms with Crippen LogP contribution in [-0.2, 0) is 28.7 Å². The highest BCUT2D eigenvalue weighted by Crippen LogP contribution is 2.29. The zero-order valence-corrected chi connectivity index (χ0v) is 22.8. The number of aliphatic hydroxyl groups is 1. The number of carbonyl (C=O) groups excluding carboxylic acids is 2. The second-order valence-electron chi connectivity index (χ2n) is 10.1. The van der Waals surface area contributed by atoms with Gasteiger partial charge >= 0.3 is 6.18 Å². The molecule has 3 rings (SSSR count). The molecule has 11 heteroatoms. The SMILES string of the molecule is C#CC[C@H]1C(=O)N[C@H]([C@H](O)CNCc2cccc(C(F)(F)F)c2)Cc2cc(F)cc(c2)OCCCCCC(=O)N1C. The summed E-state index contributed by atoms with van der Waals surface area (Å²) in [5, 5.41) is 16.8. The zero-order valence-electron chi connectivity index (χ0n) is 22.8. The van der Waals surface area contributed by atoms with E-state index in [1.807, 2.05) is 0 Å². The number of halogens is 4. The minimum absolute atomic E-state index is 0.00665. The number of nitrogens with zero attached hydrogens (tertiary/aromatic N) is 1. The Morgan fingerprint density at radius 2 is 1.98 bits per heavy atom. The first-order valence-electron chi connectivity index (χ1n) is 13.4. The maximum Gasteiger partial charge on any atom is 0.416 e. The summed E-state index contributed by atoms with van der Waals surface area (Å²) < 4.78 is 59.3. The second kappa shape index (κ2) is 14.8. The molecule has 1 aliphatic rings. The van der Waals surface area contributed by atoms with Gasteiger partial charge in [0.2, 0.25) is 11.8 Å². The molecule has 2 bridgehead atoms. The van der Waals surface area contributed by atoms with Crippen molar-refractivity contribution in [2.45, 2.75) is 69.4 Å². The van der Waals surface area contributed by atoms with E-state index in [1.54, 1.807) is 6.07 Å². The summed E-state index contributed by atoms with van der Waals surface area (Å²) >= 11 is 0. The third-order valence-corrected chi connectivity index (χ3v) is 6.89. The van der Waals surface area contributed by atoms with E-state index in [-0.39, 0.29) is 38.3 Å². The first kappa shape index (κ1) is 31.9. The molecule has 1 aliphatic heterocycles. The van der Waals surface area contributed by atoms with E-state index in [2.05, 4.69) is 16.6 Å². The van der Waals surface area contributed by atoms with Crippen LogP contribution in [0.2, 0.25) is 0 Å². The molecule has 7 nitrogen and oxygen atoms in total. The van der Waals surface area contributed by atoms with Gasteiger partial charge in [-0.25, -0.2) is 4.39 Å². The molecule has 41 heavy (non-hydrogen) atoms. The number of hydrogen-bond acceptors (Lipinski definition) is 5. The fourth-order valence-corrected chi connectivity index (χ4v) is 4.61. The first-order valence-corrected chi connectivity index (χ1v) is 13.4. The van der Waals surface area contributed by atoms with E-state index in [0.717, 1.165) is 12.1 Å². The number of ether oxygens (including phenoxy) is 1. The lowest BCUT2D eigenvalue weighted by molar-refractivity contribution is -0.139. The van der Waals surface area contributed by atoms with Gasteiger partial charge in [-0.1, -0.05) is 18.2 Å². The number of amides is 2. The third kappa shape index (κ3) is 9.76. The lowest BCUT2D eigenvalue weighted by Crippen LogP contribution is -2.55. The van der Waals surface area contributed by atoms with Gasteiger partial charge in [-0.15, -0.1) is 12.3 Å². The Morgan fingerprint density at radius 3 is 2.71 bits per heavy atom. The van der Waals surface area contributed by atoms with Crippen molar-refractivity contribution in [2.75, 3.05) is 20.2 Å². The van der Waals surface area contributed by atoms with Crippen molar-refractivity contribution in [3.8, 4) is 18.1 Å². The van der Waals surface area contributed by atoms with Crippen molar-refractivity contribution in [3.05, 3.63) is 65.0 Å². The average Bonchev–Trinajstić information content (AvgIpc) is 2.91. The van der Waals surface area contributed by atoms with Crippen LogP contribution in [0.5, 0.6) is 5.75 Å². The zero-order chi connectivity index (χ0) is 30.0. The molecule has 2 amide bonds. The van der Waals surface area contributed by atoms with Crippen molar-refractivity contribution in [2.24, 2.45) is 0 Å². The molecule has 2 aromatic carbocycles. The smallest absolute Gasteiger partial charge is 0.416 e. The normalized spacial score (nSPS) is 20.1. The van der Waals surface area contributed by atoms with Gasteiger partial charge in [0, 0.05) is 39.0 Å². The van der Waals surface area contributed by atoms with Gasteiger partial charge in [-0.2, -0.15) is 13.2 Å². The fourth-order valence-electron chi connectivity index (χ4n) is 4.61. The summed E-state index contributed by atoms with van der Waals surface area (Å²) in [5.41, 5.74) is 0.0203. The molecule has 0 aliphatic carbocycles. The molecule has 0 fully saturated rings. The molecule has 2 aromatic rings. The van der Waals surface area contributed by atoms with Crippen LogP contribution in [0.4, 0.5) is 17.6 Å². The quantitative estimate of drug-likeness (QED) is 0.359. The fraction of sp³-hybridized carbons (Fsp3) is 0.467. The molecule has 222 valence electrons. The van der Waals surface area contributed by atoms with E-state index in [1.165, 1.54) is 36.2 Å². The molecule has 0 radical (unpaired) electrons. The highest BCUT2D eigenvalue weighted by atomic mass is 19.4. The molecule has 0 unspecified atom stereocenters. The predicted molar refractivity (Wildman–Crippen MR) is 145 cm³/mol. The summed E-state index contributed by atoms with van der Waals surface area (Å²) in [6, 6.07) is 7.01. The summed E-state index contributed by atoms with van der Waals surface area (Å²) in [4.78, 5) is 27.4. The maximum absolute atomic E-state index is 14.4. The van der Waals surface area contributed by atoms with Crippen molar-refractivity contribution < 1.29 is 37.0 Å². The van der Waals surface area contributed by atoms with E-state index >= 15 is 0 Å². The number of benzene rings is 2. The number of likely N-dealkylation sites (N-methyl/N-ethyl adjacent to an activating group) is 1. The van der Waals surface area contributed by atoms with Crippen molar-refractivity contribution in [1.82, 2.24) is 15.5 Å². The maximum atomic E-state index is 14.4. The molecular weight excluding hydrogens is 542 g/mol. The van der Waals surface area contributed by atoms with Crippen molar-refractivity contribution >= 4 is 11.8 Å². The van der Waals surface area contributed by atoms with E-state index < -0.39 is 41.7 Å². The van der Waals surface area contributed by atoms with Crippen LogP contribution < -0.4 is 15.4 Å². The van der Waals surface area contributed by atoms with Gasteiger partial charge in [0.05, 0.1) is 24.3 Å². The molecule has 0 saturated carbocycles. The lowest BCUT2D eigenvalue weighted by atomic mass is 9.99. The van der Waals surface area contributed by atoms with Gasteiger partial charge < -0.3 is 25.4 Å². The van der Waals surface area contributed by atoms with Gasteiger partial charge in [-0.3, -0.25) is 9.59 Å². The summed E-state index contributed by atoms with van der Waals surface area (Å²) in [5.74, 6) is 1.34. The Morgan fingerprint density at radius 1 is 1.20 bits per heavy atom. The first-order chi connectivity index (χ1) is 19.5. The summed E-state index contributed by atoms with van der Waals surface area (Å²) in [6.45, 7) is 0.250. The molecule has 1 heterocycles. The molecule has 0 aromatic heterocycles. The van der Waals surface area contributed by atoms with Crippen LogP contribution in [0.25, 0.3) is 0 Å². The Kier molecular flexibility index (Phi) is 11.6. The number of rotatable bonds is 6. The third-order valence-electron chi connectivity index (χ3n) is 6.89. The number of hydrogen-bond donors (Lipinski definition) is 3. The van der Waals surface area contributed by atoms with Gasteiger partial charge in [0.25, 0.3) is 0 Å². The topological polar surface area (TPSA) is 90.9 Å². The van der Waals surface area contributed by atoms with Crippen LogP contribution in [0, 0.1) is 18.2 Å². The average molecular weight is 578 g/mol. The number of carbonyl (C=O) groups is 2. The number of aliphatic hydroxyl groups excluding tert-OH is 1. The molecule has 3 atom stereocenters. The van der Waals surface area contributed by atoms with Gasteiger partial charge in [0.15, 0.2) is 0 Å². The Balaban J connectivity index is 1.82. The van der Waals surface area contributed by atoms with Crippen LogP contribution in [0.15, 0.2) is 42.5 Å². The number of fused-ring (bicyclic) bond motifs is 2. The molecule has 3 N–H and O–H groups in total. The van der Waals surface area contributed by atoms with Gasteiger partial charge in [-0.05, 0) is 55.0 Å². The number of nitrogens with one attached hydrogen (secondary N) is 2. The van der Waals surface area contributed by atoms with E-state index in [4.69, 9.17) is 11.2 Å². The standard InChI is InChI=1S/C30H35F4N3O4/c1-3-8-26-29(40)36-25(27(38)19-35-18-20-9-7-10-22(13-20)30(32,33)34)16-21-14-23(31)17-24(15-21)41-12-6-4-5-11-28(39)37(26)2/h1,7,9-10,13-15,17,25-27,35,38H,4-6,8,11-12,16,18-19H2,2H3,(H,36,40)/t25-,26-,27+/m0/s1. The van der Waals surface area contributed by atoms with E-state index in [0.29, 0.717) is 42.7 Å². The van der Waals surface area contributed by atoms with Crippen molar-refractivity contribution in [1.29, 1.82) is 0 Å². The number of terminal acetylenes is 1. The van der Waals surface area contributed by atoms with Gasteiger partial charge in [0.1, 0.15) is 17.6 Å². The summed E-state index contributed by atoms with van der Waals surface area (Å²) in [7, 11) is 1.50. The molecule has 0 spiro atoms. The van der Waals surface area contributed by atoms with Crippen LogP contribution >= 0.6 is 0 Å². The van der Waals surface area contributed by atoms with Crippen molar-refractivity contribution in [3.63, 3.8) is 0 Å². The Hall–Kier alpha value is -3.62. The summed E-state index contributed by atoms with van der Waals surface area (Å²) in [6.07, 6.45) is 1.86. The Labute approximate surface area is 237 Å². The molecule has 0 saturated heterocycles. The lowest BCUT2D eigenvalue weighted by Gasteiger charge is -2.30. The van der Waals surface area contributed by atoms with Crippen LogP contribution in [0.1, 0.15) is 48.8 Å². The largest absolute Gasteiger partial charge is 0.493 e. The monoisotopic (exact) mass is 577 g/mol. The highest BCUT2D eigenvalue weighted by molar-refractivity contribution is 5.88. The van der Waals surface area contributed by atoms with Crippen LogP contribution in [0.3, 0.4) is 0 Å². The Bertz CT molecular complexity index is 1230. The second-order valence-corrected chi connectivity index (χ2v) is 10.1. The minimum atomic E-state index is -4.49. The molecular formula is C30H35F4N3O4. The minimum Gasteiger partial charge on any atom is -0.493 e. The van der Waals surface area contributed by atoms with E-state index in [9.17, 15) is 32.3 Å². The van der Waals surface area contributed by atoms with Crippen LogP contribution in [-0.4, -0.2) is 60.2 Å². The predicted octanol–water partition coefficient (Wildman–Crippen LogP) is 3.83. The highest BCUT2D eigenvalue weighted by Gasteiger charge is 2.31.